The summed E-state index contributed by atoms with van der Waals surface area (Å²) in [5, 5.41) is 9.33. The van der Waals surface area contributed by atoms with E-state index in [2.05, 4.69) is 0 Å². The zero-order valence-electron chi connectivity index (χ0n) is 9.30. The number of ether oxygens (including phenoxy) is 1. The van der Waals surface area contributed by atoms with Crippen molar-refractivity contribution in [2.45, 2.75) is 45.6 Å². The average molecular weight is 200 g/mol. The molecule has 14 heavy (non-hydrogen) atoms. The highest BCUT2D eigenvalue weighted by Crippen LogP contribution is 2.32. The number of rotatable bonds is 2. The molecule has 1 unspecified atom stereocenters. The van der Waals surface area contributed by atoms with Crippen LogP contribution >= 0.6 is 0 Å². The Balaban J connectivity index is 2.83. The lowest BCUT2D eigenvalue weighted by Crippen LogP contribution is -2.52. The van der Waals surface area contributed by atoms with Gasteiger partial charge in [-0.3, -0.25) is 4.79 Å². The van der Waals surface area contributed by atoms with Crippen molar-refractivity contribution < 1.29 is 14.6 Å². The van der Waals surface area contributed by atoms with E-state index in [4.69, 9.17) is 4.74 Å². The van der Waals surface area contributed by atoms with Gasteiger partial charge in [-0.2, -0.15) is 0 Å². The third kappa shape index (κ3) is 2.15. The zero-order valence-corrected chi connectivity index (χ0v) is 9.30. The standard InChI is InChI=1S/C11H20O3/c1-10(2,3)9(13)11(8-12)6-4-5-7-14-11/h12H,4-8H2,1-3H3. The fourth-order valence-electron chi connectivity index (χ4n) is 1.91. The summed E-state index contributed by atoms with van der Waals surface area (Å²) in [5.74, 6) is 0.0206. The lowest BCUT2D eigenvalue weighted by atomic mass is 9.77. The van der Waals surface area contributed by atoms with Crippen LogP contribution in [0.25, 0.3) is 0 Å². The molecule has 1 aliphatic rings. The van der Waals surface area contributed by atoms with Crippen LogP contribution in [0.5, 0.6) is 0 Å². The second-order valence-electron chi connectivity index (χ2n) is 5.04. The van der Waals surface area contributed by atoms with Crippen LogP contribution in [-0.4, -0.2) is 29.7 Å². The molecule has 82 valence electrons. The summed E-state index contributed by atoms with van der Waals surface area (Å²) in [6.07, 6.45) is 2.60. The molecule has 1 fully saturated rings. The third-order valence-electron chi connectivity index (χ3n) is 2.70. The number of carbonyl (C=O) groups excluding carboxylic acids is 1. The van der Waals surface area contributed by atoms with Gasteiger partial charge in [-0.05, 0) is 19.3 Å². The SMILES string of the molecule is CC(C)(C)C(=O)C1(CO)CCCCO1. The molecule has 0 aliphatic carbocycles. The molecule has 1 N–H and O–H groups in total. The number of carbonyl (C=O) groups is 1. The Morgan fingerprint density at radius 2 is 2.07 bits per heavy atom. The van der Waals surface area contributed by atoms with Crippen molar-refractivity contribution in [2.24, 2.45) is 5.41 Å². The molecule has 1 aliphatic heterocycles. The Kier molecular flexibility index (Phi) is 3.32. The van der Waals surface area contributed by atoms with Crippen molar-refractivity contribution in [3.8, 4) is 0 Å². The van der Waals surface area contributed by atoms with Crippen LogP contribution in [0.3, 0.4) is 0 Å². The molecule has 1 heterocycles. The summed E-state index contributed by atoms with van der Waals surface area (Å²) in [5.41, 5.74) is -1.36. The molecular weight excluding hydrogens is 180 g/mol. The summed E-state index contributed by atoms with van der Waals surface area (Å²) in [6, 6.07) is 0. The van der Waals surface area contributed by atoms with Gasteiger partial charge in [-0.1, -0.05) is 20.8 Å². The van der Waals surface area contributed by atoms with Crippen molar-refractivity contribution >= 4 is 5.78 Å². The number of aliphatic hydroxyl groups excluding tert-OH is 1. The molecule has 1 rings (SSSR count). The van der Waals surface area contributed by atoms with Crippen molar-refractivity contribution in [2.75, 3.05) is 13.2 Å². The van der Waals surface area contributed by atoms with Crippen LogP contribution < -0.4 is 0 Å². The maximum atomic E-state index is 12.1. The minimum absolute atomic E-state index is 0.0206. The van der Waals surface area contributed by atoms with Crippen LogP contribution in [0.15, 0.2) is 0 Å². The van der Waals surface area contributed by atoms with E-state index in [1.807, 2.05) is 20.8 Å². The van der Waals surface area contributed by atoms with E-state index in [1.54, 1.807) is 0 Å². The number of ketones is 1. The van der Waals surface area contributed by atoms with Crippen molar-refractivity contribution in [1.82, 2.24) is 0 Å². The Bertz CT molecular complexity index is 209. The first kappa shape index (κ1) is 11.7. The Labute approximate surface area is 85.5 Å². The van der Waals surface area contributed by atoms with Gasteiger partial charge in [0.2, 0.25) is 0 Å². The molecule has 0 aromatic carbocycles. The van der Waals surface area contributed by atoms with E-state index < -0.39 is 11.0 Å². The fourth-order valence-corrected chi connectivity index (χ4v) is 1.91. The minimum atomic E-state index is -0.920. The molecule has 1 saturated heterocycles. The molecule has 1 atom stereocenters. The van der Waals surface area contributed by atoms with Gasteiger partial charge in [0.1, 0.15) is 5.60 Å². The summed E-state index contributed by atoms with van der Waals surface area (Å²) < 4.78 is 5.50. The van der Waals surface area contributed by atoms with Gasteiger partial charge in [-0.25, -0.2) is 0 Å². The van der Waals surface area contributed by atoms with Gasteiger partial charge in [-0.15, -0.1) is 0 Å². The van der Waals surface area contributed by atoms with E-state index in [9.17, 15) is 9.90 Å². The molecule has 0 saturated carbocycles. The topological polar surface area (TPSA) is 46.5 Å². The van der Waals surface area contributed by atoms with Crippen LogP contribution in [0.4, 0.5) is 0 Å². The van der Waals surface area contributed by atoms with Gasteiger partial charge in [0.05, 0.1) is 6.61 Å². The number of aliphatic hydroxyl groups is 1. The highest BCUT2D eigenvalue weighted by atomic mass is 16.5. The monoisotopic (exact) mass is 200 g/mol. The molecule has 0 amide bonds. The van der Waals surface area contributed by atoms with Crippen LogP contribution in [0.1, 0.15) is 40.0 Å². The smallest absolute Gasteiger partial charge is 0.172 e. The van der Waals surface area contributed by atoms with Crippen molar-refractivity contribution in [3.05, 3.63) is 0 Å². The summed E-state index contributed by atoms with van der Waals surface area (Å²) in [4.78, 5) is 12.1. The van der Waals surface area contributed by atoms with Gasteiger partial charge < -0.3 is 9.84 Å². The average Bonchev–Trinajstić information content (AvgIpc) is 2.16. The molecule has 0 radical (unpaired) electrons. The lowest BCUT2D eigenvalue weighted by Gasteiger charge is -2.38. The van der Waals surface area contributed by atoms with E-state index >= 15 is 0 Å². The van der Waals surface area contributed by atoms with Crippen LogP contribution in [-0.2, 0) is 9.53 Å². The number of hydrogen-bond acceptors (Lipinski definition) is 3. The highest BCUT2D eigenvalue weighted by Gasteiger charge is 2.45. The Morgan fingerprint density at radius 3 is 2.43 bits per heavy atom. The number of Topliss-reactive ketones (excluding diaryl/α,β-unsaturated/α-hetero) is 1. The molecule has 0 bridgehead atoms. The Morgan fingerprint density at radius 1 is 1.43 bits per heavy atom. The Hall–Kier alpha value is -0.410. The first-order valence-electron chi connectivity index (χ1n) is 5.22. The summed E-state index contributed by atoms with van der Waals surface area (Å²) in [7, 11) is 0. The molecule has 3 nitrogen and oxygen atoms in total. The quantitative estimate of drug-likeness (QED) is 0.735. The summed E-state index contributed by atoms with van der Waals surface area (Å²) >= 11 is 0. The maximum absolute atomic E-state index is 12.1. The predicted molar refractivity (Wildman–Crippen MR) is 54.1 cm³/mol. The highest BCUT2D eigenvalue weighted by molar-refractivity contribution is 5.92. The summed E-state index contributed by atoms with van der Waals surface area (Å²) in [6.45, 7) is 5.99. The third-order valence-corrected chi connectivity index (χ3v) is 2.70. The van der Waals surface area contributed by atoms with Gasteiger partial charge in [0, 0.05) is 12.0 Å². The van der Waals surface area contributed by atoms with E-state index in [0.717, 1.165) is 12.8 Å². The first-order chi connectivity index (χ1) is 6.42. The van der Waals surface area contributed by atoms with Crippen molar-refractivity contribution in [1.29, 1.82) is 0 Å². The lowest BCUT2D eigenvalue weighted by molar-refractivity contribution is -0.166. The molecule has 3 heteroatoms. The fraction of sp³-hybridized carbons (Fsp3) is 0.909. The molecule has 0 aromatic rings. The maximum Gasteiger partial charge on any atom is 0.172 e. The number of hydrogen-bond donors (Lipinski definition) is 1. The van der Waals surface area contributed by atoms with Gasteiger partial charge in [0.25, 0.3) is 0 Å². The molecule has 0 aromatic heterocycles. The molecular formula is C11H20O3. The minimum Gasteiger partial charge on any atom is -0.393 e. The van der Waals surface area contributed by atoms with E-state index in [0.29, 0.717) is 13.0 Å². The molecule has 0 spiro atoms. The van der Waals surface area contributed by atoms with Crippen LogP contribution in [0, 0.1) is 5.41 Å². The first-order valence-corrected chi connectivity index (χ1v) is 5.22. The van der Waals surface area contributed by atoms with Gasteiger partial charge in [0.15, 0.2) is 5.78 Å². The van der Waals surface area contributed by atoms with Crippen LogP contribution in [0.2, 0.25) is 0 Å². The second-order valence-corrected chi connectivity index (χ2v) is 5.04. The van der Waals surface area contributed by atoms with Crippen molar-refractivity contribution in [3.63, 3.8) is 0 Å². The second kappa shape index (κ2) is 3.99. The normalized spacial score (nSPS) is 28.9. The van der Waals surface area contributed by atoms with E-state index in [1.165, 1.54) is 0 Å². The predicted octanol–water partition coefficient (Wildman–Crippen LogP) is 1.53. The van der Waals surface area contributed by atoms with Gasteiger partial charge >= 0.3 is 0 Å². The largest absolute Gasteiger partial charge is 0.393 e. The zero-order chi connectivity index (χ0) is 10.8. The van der Waals surface area contributed by atoms with E-state index in [-0.39, 0.29) is 12.4 Å².